The Bertz CT molecular complexity index is 429. The summed E-state index contributed by atoms with van der Waals surface area (Å²) in [6.45, 7) is 2.93. The van der Waals surface area contributed by atoms with Gasteiger partial charge in [-0.3, -0.25) is 0 Å². The minimum absolute atomic E-state index is 0.152. The van der Waals surface area contributed by atoms with Gasteiger partial charge in [0.15, 0.2) is 11.6 Å². The molecule has 0 aliphatic carbocycles. The number of hydrogen-bond acceptors (Lipinski definition) is 3. The van der Waals surface area contributed by atoms with Crippen LogP contribution in [0.5, 0.6) is 0 Å². The Morgan fingerprint density at radius 1 is 1.33 bits per heavy atom. The van der Waals surface area contributed by atoms with Gasteiger partial charge in [-0.05, 0) is 37.8 Å². The number of rotatable bonds is 2. The van der Waals surface area contributed by atoms with Crippen molar-refractivity contribution < 1.29 is 13.9 Å². The van der Waals surface area contributed by atoms with E-state index in [2.05, 4.69) is 0 Å². The molecule has 1 aliphatic rings. The van der Waals surface area contributed by atoms with Gasteiger partial charge in [0.2, 0.25) is 0 Å². The molecule has 1 aromatic rings. The molecule has 1 unspecified atom stereocenters. The van der Waals surface area contributed by atoms with Gasteiger partial charge in [0.1, 0.15) is 0 Å². The molecular weight excluding hydrogens is 238 g/mol. The Hall–Kier alpha value is -1.36. The molecule has 2 rings (SSSR count). The molecule has 0 spiro atoms. The van der Waals surface area contributed by atoms with Crippen molar-refractivity contribution in [1.82, 2.24) is 0 Å². The minimum Gasteiger partial charge on any atom is -0.397 e. The van der Waals surface area contributed by atoms with Crippen LogP contribution in [0.2, 0.25) is 0 Å². The summed E-state index contributed by atoms with van der Waals surface area (Å²) < 4.78 is 27.0. The number of halogens is 2. The van der Waals surface area contributed by atoms with Crippen LogP contribution >= 0.6 is 0 Å². The van der Waals surface area contributed by atoms with Gasteiger partial charge in [-0.25, -0.2) is 8.78 Å². The smallest absolute Gasteiger partial charge is 0.184 e. The van der Waals surface area contributed by atoms with E-state index in [1.165, 1.54) is 6.07 Å². The molecule has 0 aromatic heterocycles. The van der Waals surface area contributed by atoms with Crippen LogP contribution in [0.25, 0.3) is 0 Å². The number of aliphatic hydroxyl groups is 1. The lowest BCUT2D eigenvalue weighted by Gasteiger charge is -2.35. The largest absolute Gasteiger partial charge is 0.397 e. The fraction of sp³-hybridized carbons (Fsp3) is 0.538. The Labute approximate surface area is 105 Å². The van der Waals surface area contributed by atoms with E-state index in [0.29, 0.717) is 13.1 Å². The fourth-order valence-electron chi connectivity index (χ4n) is 2.48. The SMILES string of the molecule is CC(O)C1CCN(c2c(N)ccc(F)c2F)CC1. The van der Waals surface area contributed by atoms with E-state index >= 15 is 0 Å². The maximum Gasteiger partial charge on any atom is 0.184 e. The molecule has 18 heavy (non-hydrogen) atoms. The molecule has 3 N–H and O–H groups in total. The second kappa shape index (κ2) is 5.10. The first-order valence-corrected chi connectivity index (χ1v) is 6.17. The van der Waals surface area contributed by atoms with Crippen molar-refractivity contribution in [3.8, 4) is 0 Å². The van der Waals surface area contributed by atoms with Gasteiger partial charge in [0.25, 0.3) is 0 Å². The molecule has 1 fully saturated rings. The van der Waals surface area contributed by atoms with Crippen LogP contribution in [0.4, 0.5) is 20.2 Å². The van der Waals surface area contributed by atoms with Gasteiger partial charge < -0.3 is 15.7 Å². The van der Waals surface area contributed by atoms with Crippen LogP contribution in [0, 0.1) is 17.6 Å². The van der Waals surface area contributed by atoms with E-state index in [1.807, 2.05) is 0 Å². The van der Waals surface area contributed by atoms with Crippen LogP contribution in [0.15, 0.2) is 12.1 Å². The lowest BCUT2D eigenvalue weighted by Crippen LogP contribution is -2.38. The van der Waals surface area contributed by atoms with Gasteiger partial charge in [-0.1, -0.05) is 0 Å². The molecule has 100 valence electrons. The lowest BCUT2D eigenvalue weighted by atomic mass is 9.92. The standard InChI is InChI=1S/C13H18F2N2O/c1-8(18)9-4-6-17(7-5-9)13-11(16)3-2-10(14)12(13)15/h2-3,8-9,18H,4-7,16H2,1H3. The fourth-order valence-corrected chi connectivity index (χ4v) is 2.48. The van der Waals surface area contributed by atoms with Crippen molar-refractivity contribution in [2.75, 3.05) is 23.7 Å². The quantitative estimate of drug-likeness (QED) is 0.797. The van der Waals surface area contributed by atoms with Crippen LogP contribution in [-0.4, -0.2) is 24.3 Å². The van der Waals surface area contributed by atoms with Gasteiger partial charge in [-0.2, -0.15) is 0 Å². The number of hydrogen-bond donors (Lipinski definition) is 2. The number of nitrogens with zero attached hydrogens (tertiary/aromatic N) is 1. The Kier molecular flexibility index (Phi) is 3.71. The average Bonchev–Trinajstić information content (AvgIpc) is 2.35. The second-order valence-electron chi connectivity index (χ2n) is 4.86. The molecular formula is C13H18F2N2O. The topological polar surface area (TPSA) is 49.5 Å². The normalized spacial score (nSPS) is 19.0. The summed E-state index contributed by atoms with van der Waals surface area (Å²) in [4.78, 5) is 1.76. The summed E-state index contributed by atoms with van der Waals surface area (Å²) in [5.41, 5.74) is 6.12. The Morgan fingerprint density at radius 2 is 1.94 bits per heavy atom. The Balaban J connectivity index is 2.17. The molecule has 5 heteroatoms. The number of nitrogens with two attached hydrogens (primary N) is 1. The van der Waals surface area contributed by atoms with Crippen molar-refractivity contribution in [3.05, 3.63) is 23.8 Å². The summed E-state index contributed by atoms with van der Waals surface area (Å²) in [7, 11) is 0. The summed E-state index contributed by atoms with van der Waals surface area (Å²) in [6, 6.07) is 2.42. The van der Waals surface area contributed by atoms with E-state index in [9.17, 15) is 13.9 Å². The molecule has 1 saturated heterocycles. The number of piperidine rings is 1. The monoisotopic (exact) mass is 256 g/mol. The minimum atomic E-state index is -0.884. The molecule has 0 bridgehead atoms. The van der Waals surface area contributed by atoms with Crippen LogP contribution in [0.3, 0.4) is 0 Å². The second-order valence-corrected chi connectivity index (χ2v) is 4.86. The summed E-state index contributed by atoms with van der Waals surface area (Å²) in [5, 5.41) is 9.51. The third kappa shape index (κ3) is 2.41. The highest BCUT2D eigenvalue weighted by Gasteiger charge is 2.26. The highest BCUT2D eigenvalue weighted by Crippen LogP contribution is 2.32. The zero-order valence-corrected chi connectivity index (χ0v) is 10.4. The maximum absolute atomic E-state index is 13.8. The van der Waals surface area contributed by atoms with E-state index in [-0.39, 0.29) is 23.4 Å². The molecule has 0 radical (unpaired) electrons. The van der Waals surface area contributed by atoms with Gasteiger partial charge in [0, 0.05) is 13.1 Å². The first-order valence-electron chi connectivity index (χ1n) is 6.17. The van der Waals surface area contributed by atoms with E-state index in [0.717, 1.165) is 18.9 Å². The average molecular weight is 256 g/mol. The third-order valence-corrected chi connectivity index (χ3v) is 3.64. The van der Waals surface area contributed by atoms with Crippen molar-refractivity contribution in [1.29, 1.82) is 0 Å². The predicted octanol–water partition coefficient (Wildman–Crippen LogP) is 2.14. The van der Waals surface area contributed by atoms with Crippen molar-refractivity contribution >= 4 is 11.4 Å². The maximum atomic E-state index is 13.8. The number of nitrogen functional groups attached to an aromatic ring is 1. The highest BCUT2D eigenvalue weighted by molar-refractivity contribution is 5.68. The molecule has 0 amide bonds. The van der Waals surface area contributed by atoms with Crippen LogP contribution in [0.1, 0.15) is 19.8 Å². The molecule has 1 heterocycles. The van der Waals surface area contributed by atoms with Gasteiger partial charge in [0.05, 0.1) is 17.5 Å². The number of benzene rings is 1. The van der Waals surface area contributed by atoms with Crippen LogP contribution < -0.4 is 10.6 Å². The Morgan fingerprint density at radius 3 is 2.50 bits per heavy atom. The molecule has 1 atom stereocenters. The number of aliphatic hydroxyl groups excluding tert-OH is 1. The molecule has 1 aliphatic heterocycles. The van der Waals surface area contributed by atoms with E-state index in [1.54, 1.807) is 11.8 Å². The summed E-state index contributed by atoms with van der Waals surface area (Å²) >= 11 is 0. The van der Waals surface area contributed by atoms with E-state index < -0.39 is 11.6 Å². The van der Waals surface area contributed by atoms with E-state index in [4.69, 9.17) is 5.73 Å². The highest BCUT2D eigenvalue weighted by atomic mass is 19.2. The van der Waals surface area contributed by atoms with Gasteiger partial charge >= 0.3 is 0 Å². The first kappa shape index (κ1) is 13.1. The summed E-state index contributed by atoms with van der Waals surface area (Å²) in [6.07, 6.45) is 1.15. The molecule has 1 aromatic carbocycles. The molecule has 0 saturated carbocycles. The van der Waals surface area contributed by atoms with Crippen molar-refractivity contribution in [2.45, 2.75) is 25.9 Å². The first-order chi connectivity index (χ1) is 8.50. The van der Waals surface area contributed by atoms with Crippen molar-refractivity contribution in [3.63, 3.8) is 0 Å². The predicted molar refractivity (Wildman–Crippen MR) is 67.4 cm³/mol. The summed E-state index contributed by atoms with van der Waals surface area (Å²) in [5.74, 6) is -1.54. The third-order valence-electron chi connectivity index (χ3n) is 3.64. The van der Waals surface area contributed by atoms with Crippen molar-refractivity contribution in [2.24, 2.45) is 5.92 Å². The zero-order valence-electron chi connectivity index (χ0n) is 10.4. The number of anilines is 2. The van der Waals surface area contributed by atoms with Crippen LogP contribution in [-0.2, 0) is 0 Å². The molecule has 3 nitrogen and oxygen atoms in total. The lowest BCUT2D eigenvalue weighted by molar-refractivity contribution is 0.110. The zero-order chi connectivity index (χ0) is 13.3. The van der Waals surface area contributed by atoms with Gasteiger partial charge in [-0.15, -0.1) is 0 Å².